The lowest BCUT2D eigenvalue weighted by Crippen LogP contribution is -2.35. The van der Waals surface area contributed by atoms with Crippen molar-refractivity contribution >= 4 is 17.5 Å². The van der Waals surface area contributed by atoms with Gasteiger partial charge in [0.1, 0.15) is 5.75 Å². The summed E-state index contributed by atoms with van der Waals surface area (Å²) in [7, 11) is 3.13. The van der Waals surface area contributed by atoms with Crippen LogP contribution < -0.4 is 10.1 Å². The van der Waals surface area contributed by atoms with Crippen molar-refractivity contribution in [3.8, 4) is 5.75 Å². The number of ether oxygens (including phenoxy) is 1. The van der Waals surface area contributed by atoms with Gasteiger partial charge in [0, 0.05) is 12.7 Å². The summed E-state index contributed by atoms with van der Waals surface area (Å²) >= 11 is 0. The second-order valence-corrected chi connectivity index (χ2v) is 5.92. The van der Waals surface area contributed by atoms with Gasteiger partial charge in [-0.3, -0.25) is 9.59 Å². The first-order valence-electron chi connectivity index (χ1n) is 8.24. The zero-order valence-electron chi connectivity index (χ0n) is 15.1. The highest BCUT2D eigenvalue weighted by Gasteiger charge is 2.19. The van der Waals surface area contributed by atoms with E-state index in [1.807, 2.05) is 44.2 Å². The molecular weight excluding hydrogens is 316 g/mol. The zero-order chi connectivity index (χ0) is 18.4. The molecule has 0 heterocycles. The van der Waals surface area contributed by atoms with Crippen molar-refractivity contribution in [2.45, 2.75) is 20.3 Å². The molecule has 0 atom stereocenters. The van der Waals surface area contributed by atoms with Crippen LogP contribution in [0.25, 0.3) is 0 Å². The first kappa shape index (κ1) is 18.5. The van der Waals surface area contributed by atoms with Crippen LogP contribution in [-0.4, -0.2) is 37.4 Å². The minimum Gasteiger partial charge on any atom is -0.496 e. The van der Waals surface area contributed by atoms with Crippen molar-refractivity contribution in [3.05, 3.63) is 59.2 Å². The molecule has 0 unspecified atom stereocenters. The summed E-state index contributed by atoms with van der Waals surface area (Å²) in [6, 6.07) is 13.1. The van der Waals surface area contributed by atoms with Gasteiger partial charge < -0.3 is 15.0 Å². The molecule has 0 radical (unpaired) electrons. The SMILES string of the molecule is CCc1ccccc1NC(=O)CN(C)C(=O)c1cc(C)ccc1OC. The highest BCUT2D eigenvalue weighted by Crippen LogP contribution is 2.21. The van der Waals surface area contributed by atoms with Crippen molar-refractivity contribution in [3.63, 3.8) is 0 Å². The van der Waals surface area contributed by atoms with Crippen molar-refractivity contribution in [2.24, 2.45) is 0 Å². The van der Waals surface area contributed by atoms with Crippen LogP contribution >= 0.6 is 0 Å². The molecule has 5 nitrogen and oxygen atoms in total. The summed E-state index contributed by atoms with van der Waals surface area (Å²) in [5.74, 6) is 0.0158. The number of nitrogens with one attached hydrogen (secondary N) is 1. The van der Waals surface area contributed by atoms with Gasteiger partial charge in [0.25, 0.3) is 5.91 Å². The van der Waals surface area contributed by atoms with E-state index in [1.54, 1.807) is 19.2 Å². The lowest BCUT2D eigenvalue weighted by Gasteiger charge is -2.19. The molecule has 0 bridgehead atoms. The second-order valence-electron chi connectivity index (χ2n) is 5.92. The summed E-state index contributed by atoms with van der Waals surface area (Å²) in [6.45, 7) is 3.91. The Balaban J connectivity index is 2.08. The molecular formula is C20H24N2O3. The van der Waals surface area contributed by atoms with E-state index in [0.717, 1.165) is 23.2 Å². The maximum absolute atomic E-state index is 12.7. The Labute approximate surface area is 148 Å². The number of likely N-dealkylation sites (N-methyl/N-ethyl adjacent to an activating group) is 1. The third kappa shape index (κ3) is 4.59. The predicted octanol–water partition coefficient (Wildman–Crippen LogP) is 3.28. The van der Waals surface area contributed by atoms with E-state index in [4.69, 9.17) is 4.74 Å². The number of rotatable bonds is 6. The second kappa shape index (κ2) is 8.33. The monoisotopic (exact) mass is 340 g/mol. The van der Waals surface area contributed by atoms with E-state index >= 15 is 0 Å². The number of anilines is 1. The minimum atomic E-state index is -0.250. The molecule has 132 valence electrons. The molecule has 0 saturated carbocycles. The smallest absolute Gasteiger partial charge is 0.257 e. The predicted molar refractivity (Wildman–Crippen MR) is 99.1 cm³/mol. The fourth-order valence-electron chi connectivity index (χ4n) is 2.62. The largest absolute Gasteiger partial charge is 0.496 e. The molecule has 2 amide bonds. The van der Waals surface area contributed by atoms with Gasteiger partial charge >= 0.3 is 0 Å². The average molecular weight is 340 g/mol. The fourth-order valence-corrected chi connectivity index (χ4v) is 2.62. The van der Waals surface area contributed by atoms with Crippen molar-refractivity contribution < 1.29 is 14.3 Å². The van der Waals surface area contributed by atoms with Gasteiger partial charge in [-0.2, -0.15) is 0 Å². The van der Waals surface area contributed by atoms with E-state index in [1.165, 1.54) is 12.0 Å². The quantitative estimate of drug-likeness (QED) is 0.878. The van der Waals surface area contributed by atoms with Gasteiger partial charge in [0.15, 0.2) is 0 Å². The highest BCUT2D eigenvalue weighted by molar-refractivity contribution is 6.01. The number of hydrogen-bond acceptors (Lipinski definition) is 3. The first-order valence-corrected chi connectivity index (χ1v) is 8.24. The van der Waals surface area contributed by atoms with Crippen LogP contribution in [-0.2, 0) is 11.2 Å². The molecule has 1 N–H and O–H groups in total. The molecule has 0 aromatic heterocycles. The Morgan fingerprint density at radius 3 is 2.56 bits per heavy atom. The molecule has 0 fully saturated rings. The van der Waals surface area contributed by atoms with Gasteiger partial charge in [0.05, 0.1) is 19.2 Å². The molecule has 2 aromatic carbocycles. The lowest BCUT2D eigenvalue weighted by atomic mass is 10.1. The number of aryl methyl sites for hydroxylation is 2. The van der Waals surface area contributed by atoms with Crippen LogP contribution in [0.3, 0.4) is 0 Å². The normalized spacial score (nSPS) is 10.2. The maximum atomic E-state index is 12.7. The van der Waals surface area contributed by atoms with Crippen molar-refractivity contribution in [2.75, 3.05) is 26.0 Å². The minimum absolute atomic E-state index is 0.0338. The number of para-hydroxylation sites is 1. The zero-order valence-corrected chi connectivity index (χ0v) is 15.1. The molecule has 0 aliphatic heterocycles. The Kier molecular flexibility index (Phi) is 6.17. The Bertz CT molecular complexity index is 771. The molecule has 0 spiro atoms. The van der Waals surface area contributed by atoms with E-state index < -0.39 is 0 Å². The Morgan fingerprint density at radius 2 is 1.88 bits per heavy atom. The van der Waals surface area contributed by atoms with Crippen molar-refractivity contribution in [1.82, 2.24) is 4.90 Å². The number of carbonyl (C=O) groups excluding carboxylic acids is 2. The number of methoxy groups -OCH3 is 1. The summed E-state index contributed by atoms with van der Waals surface area (Å²) in [6.07, 6.45) is 0.825. The standard InChI is InChI=1S/C20H24N2O3/c1-5-15-8-6-7-9-17(15)21-19(23)13-22(3)20(24)16-12-14(2)10-11-18(16)25-4/h6-12H,5,13H2,1-4H3,(H,21,23). The van der Waals surface area contributed by atoms with E-state index in [-0.39, 0.29) is 18.4 Å². The van der Waals surface area contributed by atoms with Gasteiger partial charge in [-0.15, -0.1) is 0 Å². The first-order chi connectivity index (χ1) is 12.0. The van der Waals surface area contributed by atoms with E-state index in [0.29, 0.717) is 11.3 Å². The molecule has 2 aromatic rings. The van der Waals surface area contributed by atoms with Gasteiger partial charge in [-0.05, 0) is 37.1 Å². The Hall–Kier alpha value is -2.82. The lowest BCUT2D eigenvalue weighted by molar-refractivity contribution is -0.116. The third-order valence-corrected chi connectivity index (χ3v) is 3.99. The van der Waals surface area contributed by atoms with Crippen LogP contribution in [0.2, 0.25) is 0 Å². The fraction of sp³-hybridized carbons (Fsp3) is 0.300. The topological polar surface area (TPSA) is 58.6 Å². The van der Waals surface area contributed by atoms with Gasteiger partial charge in [-0.25, -0.2) is 0 Å². The Morgan fingerprint density at radius 1 is 1.16 bits per heavy atom. The summed E-state index contributed by atoms with van der Waals surface area (Å²) in [4.78, 5) is 26.4. The number of carbonyl (C=O) groups is 2. The van der Waals surface area contributed by atoms with Gasteiger partial charge in [-0.1, -0.05) is 36.8 Å². The number of amides is 2. The molecule has 2 rings (SSSR count). The molecule has 0 saturated heterocycles. The molecule has 0 aliphatic carbocycles. The van der Waals surface area contributed by atoms with Crippen LogP contribution in [0.5, 0.6) is 5.75 Å². The number of hydrogen-bond donors (Lipinski definition) is 1. The van der Waals surface area contributed by atoms with E-state index in [9.17, 15) is 9.59 Å². The van der Waals surface area contributed by atoms with Crippen molar-refractivity contribution in [1.29, 1.82) is 0 Å². The molecule has 0 aliphatic rings. The maximum Gasteiger partial charge on any atom is 0.257 e. The van der Waals surface area contributed by atoms with Crippen LogP contribution in [0, 0.1) is 6.92 Å². The highest BCUT2D eigenvalue weighted by atomic mass is 16.5. The van der Waals surface area contributed by atoms with Crippen LogP contribution in [0.4, 0.5) is 5.69 Å². The van der Waals surface area contributed by atoms with Crippen LogP contribution in [0.15, 0.2) is 42.5 Å². The number of nitrogens with zero attached hydrogens (tertiary/aromatic N) is 1. The van der Waals surface area contributed by atoms with Gasteiger partial charge in [0.2, 0.25) is 5.91 Å². The third-order valence-electron chi connectivity index (χ3n) is 3.99. The van der Waals surface area contributed by atoms with Crippen LogP contribution in [0.1, 0.15) is 28.4 Å². The molecule has 25 heavy (non-hydrogen) atoms. The average Bonchev–Trinajstić information content (AvgIpc) is 2.61. The molecule has 5 heteroatoms. The number of benzene rings is 2. The summed E-state index contributed by atoms with van der Waals surface area (Å²) < 4.78 is 5.25. The summed E-state index contributed by atoms with van der Waals surface area (Å²) in [5.41, 5.74) is 3.25. The van der Waals surface area contributed by atoms with E-state index in [2.05, 4.69) is 5.32 Å². The summed E-state index contributed by atoms with van der Waals surface area (Å²) in [5, 5.41) is 2.87.